The molecule has 0 aliphatic heterocycles. The van der Waals surface area contributed by atoms with Crippen molar-refractivity contribution in [1.29, 1.82) is 10.8 Å². The SMILES string of the molecule is CCCn1c(-c2ccc(C(=N)N)cc2)nc2cc(C(=N)N)ccc21. The van der Waals surface area contributed by atoms with Crippen LogP contribution in [0.3, 0.4) is 0 Å². The van der Waals surface area contributed by atoms with Crippen molar-refractivity contribution < 1.29 is 0 Å². The monoisotopic (exact) mass is 320 g/mol. The van der Waals surface area contributed by atoms with Gasteiger partial charge in [-0.1, -0.05) is 31.2 Å². The third-order valence-electron chi connectivity index (χ3n) is 3.96. The van der Waals surface area contributed by atoms with Gasteiger partial charge in [-0.2, -0.15) is 0 Å². The van der Waals surface area contributed by atoms with Crippen LogP contribution in [0, 0.1) is 10.8 Å². The highest BCUT2D eigenvalue weighted by molar-refractivity contribution is 5.98. The van der Waals surface area contributed by atoms with Gasteiger partial charge in [0.1, 0.15) is 17.5 Å². The van der Waals surface area contributed by atoms with Crippen LogP contribution in [0.1, 0.15) is 24.5 Å². The van der Waals surface area contributed by atoms with Crippen molar-refractivity contribution in [3.8, 4) is 11.4 Å². The van der Waals surface area contributed by atoms with Crippen LogP contribution in [0.2, 0.25) is 0 Å². The molecule has 0 amide bonds. The van der Waals surface area contributed by atoms with Gasteiger partial charge in [0.25, 0.3) is 0 Å². The first-order valence-corrected chi connectivity index (χ1v) is 7.80. The fourth-order valence-corrected chi connectivity index (χ4v) is 2.77. The zero-order valence-corrected chi connectivity index (χ0v) is 13.5. The van der Waals surface area contributed by atoms with Crippen LogP contribution in [-0.4, -0.2) is 21.2 Å². The topological polar surface area (TPSA) is 118 Å². The number of imidazole rings is 1. The summed E-state index contributed by atoms with van der Waals surface area (Å²) in [5, 5.41) is 15.1. The fraction of sp³-hybridized carbons (Fsp3) is 0.167. The molecule has 0 atom stereocenters. The van der Waals surface area contributed by atoms with Gasteiger partial charge in [-0.3, -0.25) is 10.8 Å². The molecule has 0 spiro atoms. The average molecular weight is 320 g/mol. The molecule has 6 N–H and O–H groups in total. The number of rotatable bonds is 5. The van der Waals surface area contributed by atoms with E-state index in [0.717, 1.165) is 35.4 Å². The molecule has 122 valence electrons. The molecule has 6 nitrogen and oxygen atoms in total. The van der Waals surface area contributed by atoms with Crippen molar-refractivity contribution >= 4 is 22.7 Å². The van der Waals surface area contributed by atoms with Gasteiger partial charge in [0.05, 0.1) is 11.0 Å². The van der Waals surface area contributed by atoms with Crippen molar-refractivity contribution in [3.05, 3.63) is 53.6 Å². The molecule has 0 aliphatic carbocycles. The summed E-state index contributed by atoms with van der Waals surface area (Å²) in [5.41, 5.74) is 15.3. The lowest BCUT2D eigenvalue weighted by atomic mass is 10.1. The van der Waals surface area contributed by atoms with Crippen LogP contribution in [0.25, 0.3) is 22.4 Å². The highest BCUT2D eigenvalue weighted by Gasteiger charge is 2.13. The summed E-state index contributed by atoms with van der Waals surface area (Å²) in [6, 6.07) is 13.2. The lowest BCUT2D eigenvalue weighted by Crippen LogP contribution is -2.10. The van der Waals surface area contributed by atoms with E-state index >= 15 is 0 Å². The molecule has 0 unspecified atom stereocenters. The molecular weight excluding hydrogens is 300 g/mol. The van der Waals surface area contributed by atoms with Gasteiger partial charge in [0, 0.05) is 23.2 Å². The summed E-state index contributed by atoms with van der Waals surface area (Å²) >= 11 is 0. The van der Waals surface area contributed by atoms with Gasteiger partial charge in [0.15, 0.2) is 0 Å². The van der Waals surface area contributed by atoms with Gasteiger partial charge in [-0.25, -0.2) is 4.98 Å². The third kappa shape index (κ3) is 2.74. The number of fused-ring (bicyclic) bond motifs is 1. The van der Waals surface area contributed by atoms with Gasteiger partial charge in [0.2, 0.25) is 0 Å². The Hall–Kier alpha value is -3.15. The van der Waals surface area contributed by atoms with E-state index < -0.39 is 0 Å². The number of hydrogen-bond donors (Lipinski definition) is 4. The van der Waals surface area contributed by atoms with Crippen molar-refractivity contribution in [3.63, 3.8) is 0 Å². The largest absolute Gasteiger partial charge is 0.384 e. The minimum absolute atomic E-state index is 0.0364. The Kier molecular flexibility index (Phi) is 4.04. The number of nitrogens with zero attached hydrogens (tertiary/aromatic N) is 2. The van der Waals surface area contributed by atoms with Gasteiger partial charge in [-0.05, 0) is 24.6 Å². The minimum atomic E-state index is 0.0364. The van der Waals surface area contributed by atoms with Crippen molar-refractivity contribution in [2.45, 2.75) is 19.9 Å². The molecule has 0 saturated carbocycles. The molecule has 2 aromatic carbocycles. The van der Waals surface area contributed by atoms with Crippen LogP contribution >= 0.6 is 0 Å². The molecule has 0 aliphatic rings. The number of amidine groups is 2. The maximum atomic E-state index is 7.59. The summed E-state index contributed by atoms with van der Waals surface area (Å²) in [5.74, 6) is 0.951. The second kappa shape index (κ2) is 6.16. The van der Waals surface area contributed by atoms with E-state index in [9.17, 15) is 0 Å². The van der Waals surface area contributed by atoms with Crippen LogP contribution in [-0.2, 0) is 6.54 Å². The summed E-state index contributed by atoms with van der Waals surface area (Å²) in [4.78, 5) is 4.74. The summed E-state index contributed by atoms with van der Waals surface area (Å²) in [6.07, 6.45) is 0.985. The minimum Gasteiger partial charge on any atom is -0.384 e. The molecular formula is C18H20N6. The molecule has 0 fully saturated rings. The zero-order valence-electron chi connectivity index (χ0n) is 13.5. The van der Waals surface area contributed by atoms with E-state index in [1.165, 1.54) is 0 Å². The van der Waals surface area contributed by atoms with Gasteiger partial charge in [-0.15, -0.1) is 0 Å². The number of nitrogen functional groups attached to an aromatic ring is 2. The molecule has 3 aromatic rings. The Balaban J connectivity index is 2.16. The first-order valence-electron chi connectivity index (χ1n) is 7.80. The summed E-state index contributed by atoms with van der Waals surface area (Å²) in [7, 11) is 0. The van der Waals surface area contributed by atoms with E-state index in [1.54, 1.807) is 0 Å². The normalized spacial score (nSPS) is 10.9. The first-order chi connectivity index (χ1) is 11.5. The maximum absolute atomic E-state index is 7.59. The Morgan fingerprint density at radius 3 is 2.21 bits per heavy atom. The number of aromatic nitrogens is 2. The van der Waals surface area contributed by atoms with Crippen molar-refractivity contribution in [2.75, 3.05) is 0 Å². The number of benzene rings is 2. The lowest BCUT2D eigenvalue weighted by molar-refractivity contribution is 0.704. The summed E-state index contributed by atoms with van der Waals surface area (Å²) in [6.45, 7) is 2.97. The Bertz CT molecular complexity index is 921. The second-order valence-electron chi connectivity index (χ2n) is 5.70. The molecule has 1 aromatic heterocycles. The molecule has 6 heteroatoms. The predicted octanol–water partition coefficient (Wildman–Crippen LogP) is 2.68. The first kappa shape index (κ1) is 15.7. The van der Waals surface area contributed by atoms with Gasteiger partial charge < -0.3 is 16.0 Å². The average Bonchev–Trinajstić information content (AvgIpc) is 2.93. The smallest absolute Gasteiger partial charge is 0.141 e. The maximum Gasteiger partial charge on any atom is 0.141 e. The number of nitrogens with two attached hydrogens (primary N) is 2. The van der Waals surface area contributed by atoms with Crippen LogP contribution < -0.4 is 11.5 Å². The van der Waals surface area contributed by atoms with E-state index in [1.807, 2.05) is 42.5 Å². The highest BCUT2D eigenvalue weighted by Crippen LogP contribution is 2.26. The zero-order chi connectivity index (χ0) is 17.3. The molecule has 0 radical (unpaired) electrons. The van der Waals surface area contributed by atoms with E-state index in [4.69, 9.17) is 27.3 Å². The quantitative estimate of drug-likeness (QED) is 0.427. The van der Waals surface area contributed by atoms with E-state index in [0.29, 0.717) is 11.1 Å². The van der Waals surface area contributed by atoms with E-state index in [2.05, 4.69) is 11.5 Å². The third-order valence-corrected chi connectivity index (χ3v) is 3.96. The lowest BCUT2D eigenvalue weighted by Gasteiger charge is -2.08. The number of aryl methyl sites for hydroxylation is 1. The Labute approximate surface area is 140 Å². The van der Waals surface area contributed by atoms with E-state index in [-0.39, 0.29) is 11.7 Å². The Morgan fingerprint density at radius 1 is 1.00 bits per heavy atom. The standard InChI is InChI=1S/C18H20N6/c1-2-9-24-15-8-7-13(17(21)22)10-14(15)23-18(24)12-5-3-11(4-6-12)16(19)20/h3-8,10H,2,9H2,1H3,(H3,19,20)(H3,21,22). The van der Waals surface area contributed by atoms with Crippen molar-refractivity contribution in [2.24, 2.45) is 11.5 Å². The second-order valence-corrected chi connectivity index (χ2v) is 5.70. The number of hydrogen-bond acceptors (Lipinski definition) is 3. The van der Waals surface area contributed by atoms with Crippen LogP contribution in [0.5, 0.6) is 0 Å². The van der Waals surface area contributed by atoms with Gasteiger partial charge >= 0.3 is 0 Å². The Morgan fingerprint density at radius 2 is 1.62 bits per heavy atom. The molecule has 1 heterocycles. The van der Waals surface area contributed by atoms with Crippen LogP contribution in [0.4, 0.5) is 0 Å². The summed E-state index contributed by atoms with van der Waals surface area (Å²) < 4.78 is 2.17. The van der Waals surface area contributed by atoms with Crippen LogP contribution in [0.15, 0.2) is 42.5 Å². The number of nitrogens with one attached hydrogen (secondary N) is 2. The highest BCUT2D eigenvalue weighted by atomic mass is 15.1. The molecule has 3 rings (SSSR count). The fourth-order valence-electron chi connectivity index (χ4n) is 2.77. The van der Waals surface area contributed by atoms with Crippen molar-refractivity contribution in [1.82, 2.24) is 9.55 Å². The predicted molar refractivity (Wildman–Crippen MR) is 97.5 cm³/mol. The molecule has 0 bridgehead atoms. The molecule has 24 heavy (non-hydrogen) atoms. The molecule has 0 saturated heterocycles.